The molecule has 2 aromatic carbocycles. The van der Waals surface area contributed by atoms with Crippen LogP contribution in [0, 0.1) is 6.92 Å². The van der Waals surface area contributed by atoms with Crippen LogP contribution in [-0.4, -0.2) is 20.6 Å². The van der Waals surface area contributed by atoms with Gasteiger partial charge >= 0.3 is 0 Å². The van der Waals surface area contributed by atoms with Gasteiger partial charge in [-0.2, -0.15) is 0 Å². The number of hydrogen-bond donors (Lipinski definition) is 1. The highest BCUT2D eigenvalue weighted by Crippen LogP contribution is 2.39. The van der Waals surface area contributed by atoms with Gasteiger partial charge in [0.15, 0.2) is 5.69 Å². The molecule has 28 heavy (non-hydrogen) atoms. The molecule has 6 nitrogen and oxygen atoms in total. The number of aryl methyl sites for hydroxylation is 1. The Bertz CT molecular complexity index is 1160. The Hall–Kier alpha value is -3.80. The lowest BCUT2D eigenvalue weighted by Crippen LogP contribution is -1.98. The molecule has 4 rings (SSSR count). The highest BCUT2D eigenvalue weighted by atomic mass is 16.3. The van der Waals surface area contributed by atoms with E-state index < -0.39 is 5.91 Å². The van der Waals surface area contributed by atoms with Gasteiger partial charge in [0.25, 0.3) is 5.91 Å². The zero-order valence-corrected chi connectivity index (χ0v) is 15.3. The van der Waals surface area contributed by atoms with E-state index in [1.807, 2.05) is 61.5 Å². The topological polar surface area (TPSA) is 79.8 Å². The molecule has 4 aromatic rings. The van der Waals surface area contributed by atoms with E-state index in [0.717, 1.165) is 22.2 Å². The monoisotopic (exact) mass is 370 g/mol. The van der Waals surface area contributed by atoms with Crippen LogP contribution in [0.4, 0.5) is 5.69 Å². The second kappa shape index (κ2) is 7.44. The lowest BCUT2D eigenvalue weighted by Gasteiger charge is -2.06. The van der Waals surface area contributed by atoms with E-state index in [-0.39, 0.29) is 11.6 Å². The third kappa shape index (κ3) is 3.40. The molecular formula is C22H18N4O2. The molecule has 0 spiro atoms. The predicted molar refractivity (Wildman–Crippen MR) is 107 cm³/mol. The van der Waals surface area contributed by atoms with Crippen molar-refractivity contribution in [3.05, 3.63) is 89.7 Å². The van der Waals surface area contributed by atoms with Crippen LogP contribution in [0.15, 0.2) is 83.2 Å². The van der Waals surface area contributed by atoms with Crippen LogP contribution in [0.25, 0.3) is 10.9 Å². The largest absolute Gasteiger partial charge is 0.493 e. The van der Waals surface area contributed by atoms with Crippen molar-refractivity contribution in [2.45, 2.75) is 13.5 Å². The number of rotatable bonds is 4. The molecular weight excluding hydrogens is 352 g/mol. The number of azo groups is 1. The molecule has 1 amide bonds. The first-order chi connectivity index (χ1) is 13.6. The minimum absolute atomic E-state index is 0.0244. The molecule has 138 valence electrons. The Morgan fingerprint density at radius 1 is 1.04 bits per heavy atom. The van der Waals surface area contributed by atoms with Gasteiger partial charge in [0.05, 0.1) is 17.6 Å². The summed E-state index contributed by atoms with van der Waals surface area (Å²) in [5.74, 6) is -0.532. The third-order valence-corrected chi connectivity index (χ3v) is 4.50. The lowest BCUT2D eigenvalue weighted by molar-refractivity contribution is 0.0994. The fourth-order valence-corrected chi connectivity index (χ4v) is 3.04. The standard InChI is InChI=1S/C22H18N4O2/c1-15-11-12-17(13-23-15)21(27)25-24-20-18-9-5-6-10-19(18)26(22(20)28)14-16-7-3-2-4-8-16/h2-13,28H,14H2,1H3. The quantitative estimate of drug-likeness (QED) is 0.512. The fourth-order valence-electron chi connectivity index (χ4n) is 3.04. The van der Waals surface area contributed by atoms with Crippen molar-refractivity contribution in [2.75, 3.05) is 0 Å². The van der Waals surface area contributed by atoms with E-state index >= 15 is 0 Å². The Morgan fingerprint density at radius 3 is 2.54 bits per heavy atom. The summed E-state index contributed by atoms with van der Waals surface area (Å²) < 4.78 is 1.76. The van der Waals surface area contributed by atoms with E-state index in [0.29, 0.717) is 12.1 Å². The Labute approximate surface area is 161 Å². The van der Waals surface area contributed by atoms with Gasteiger partial charge in [-0.25, -0.2) is 0 Å². The molecule has 0 bridgehead atoms. The van der Waals surface area contributed by atoms with Crippen molar-refractivity contribution < 1.29 is 9.90 Å². The zero-order valence-electron chi connectivity index (χ0n) is 15.3. The molecule has 0 saturated heterocycles. The van der Waals surface area contributed by atoms with Crippen LogP contribution in [0.5, 0.6) is 5.88 Å². The average molecular weight is 370 g/mol. The van der Waals surface area contributed by atoms with Gasteiger partial charge in [0.1, 0.15) is 0 Å². The number of aromatic hydroxyl groups is 1. The van der Waals surface area contributed by atoms with Crippen molar-refractivity contribution >= 4 is 22.5 Å². The summed E-state index contributed by atoms with van der Waals surface area (Å²) in [6.07, 6.45) is 1.47. The summed E-state index contributed by atoms with van der Waals surface area (Å²) in [4.78, 5) is 16.4. The van der Waals surface area contributed by atoms with Crippen LogP contribution in [0.2, 0.25) is 0 Å². The van der Waals surface area contributed by atoms with Crippen molar-refractivity contribution in [3.63, 3.8) is 0 Å². The highest BCUT2D eigenvalue weighted by molar-refractivity contribution is 5.97. The number of para-hydroxylation sites is 1. The van der Waals surface area contributed by atoms with Gasteiger partial charge in [0, 0.05) is 17.3 Å². The summed E-state index contributed by atoms with van der Waals surface area (Å²) in [6.45, 7) is 2.33. The number of aromatic nitrogens is 2. The minimum atomic E-state index is -0.508. The summed E-state index contributed by atoms with van der Waals surface area (Å²) in [7, 11) is 0. The number of pyridine rings is 1. The van der Waals surface area contributed by atoms with Gasteiger partial charge in [-0.15, -0.1) is 10.2 Å². The van der Waals surface area contributed by atoms with Gasteiger partial charge in [0.2, 0.25) is 5.88 Å². The first kappa shape index (κ1) is 17.6. The molecule has 0 aliphatic rings. The van der Waals surface area contributed by atoms with Gasteiger partial charge in [-0.05, 0) is 30.7 Å². The molecule has 1 N–H and O–H groups in total. The number of benzene rings is 2. The summed E-state index contributed by atoms with van der Waals surface area (Å²) in [6, 6.07) is 20.7. The van der Waals surface area contributed by atoms with Crippen LogP contribution >= 0.6 is 0 Å². The molecule has 6 heteroatoms. The molecule has 0 saturated carbocycles. The molecule has 0 unspecified atom stereocenters. The first-order valence-corrected chi connectivity index (χ1v) is 8.86. The fraction of sp³-hybridized carbons (Fsp3) is 0.0909. The number of carbonyl (C=O) groups is 1. The molecule has 2 aromatic heterocycles. The minimum Gasteiger partial charge on any atom is -0.493 e. The van der Waals surface area contributed by atoms with Crippen LogP contribution < -0.4 is 0 Å². The van der Waals surface area contributed by atoms with Gasteiger partial charge < -0.3 is 9.67 Å². The van der Waals surface area contributed by atoms with E-state index in [2.05, 4.69) is 15.2 Å². The van der Waals surface area contributed by atoms with Crippen molar-refractivity contribution in [2.24, 2.45) is 10.2 Å². The van der Waals surface area contributed by atoms with Crippen molar-refractivity contribution in [3.8, 4) is 5.88 Å². The van der Waals surface area contributed by atoms with E-state index in [4.69, 9.17) is 0 Å². The number of carbonyl (C=O) groups excluding carboxylic acids is 1. The number of hydrogen-bond acceptors (Lipinski definition) is 4. The second-order valence-corrected chi connectivity index (χ2v) is 6.45. The maximum atomic E-state index is 12.3. The van der Waals surface area contributed by atoms with Crippen molar-refractivity contribution in [1.29, 1.82) is 0 Å². The highest BCUT2D eigenvalue weighted by Gasteiger charge is 2.17. The van der Waals surface area contributed by atoms with E-state index in [1.54, 1.807) is 16.7 Å². The SMILES string of the molecule is Cc1ccc(C(=O)N=Nc2c(O)n(Cc3ccccc3)c3ccccc23)cn1. The number of fused-ring (bicyclic) bond motifs is 1. The summed E-state index contributed by atoms with van der Waals surface area (Å²) in [5.41, 5.74) is 3.31. The predicted octanol–water partition coefficient (Wildman–Crippen LogP) is 5.02. The normalized spacial score (nSPS) is 11.3. The molecule has 0 atom stereocenters. The van der Waals surface area contributed by atoms with E-state index in [9.17, 15) is 9.90 Å². The number of amides is 1. The zero-order chi connectivity index (χ0) is 19.5. The molecule has 0 aliphatic heterocycles. The molecule has 2 heterocycles. The van der Waals surface area contributed by atoms with Crippen LogP contribution in [0.1, 0.15) is 21.6 Å². The first-order valence-electron chi connectivity index (χ1n) is 8.86. The van der Waals surface area contributed by atoms with Gasteiger partial charge in [-0.1, -0.05) is 48.5 Å². The molecule has 0 fully saturated rings. The third-order valence-electron chi connectivity index (χ3n) is 4.50. The van der Waals surface area contributed by atoms with E-state index in [1.165, 1.54) is 6.20 Å². The number of nitrogens with zero attached hydrogens (tertiary/aromatic N) is 4. The summed E-state index contributed by atoms with van der Waals surface area (Å²) >= 11 is 0. The lowest BCUT2D eigenvalue weighted by atomic mass is 10.2. The smallest absolute Gasteiger partial charge is 0.296 e. The van der Waals surface area contributed by atoms with Crippen LogP contribution in [0.3, 0.4) is 0 Å². The van der Waals surface area contributed by atoms with Crippen LogP contribution in [-0.2, 0) is 6.54 Å². The Balaban J connectivity index is 1.72. The second-order valence-electron chi connectivity index (χ2n) is 6.45. The molecule has 0 radical (unpaired) electrons. The molecule has 0 aliphatic carbocycles. The Morgan fingerprint density at radius 2 is 1.79 bits per heavy atom. The average Bonchev–Trinajstić information content (AvgIpc) is 2.99. The maximum Gasteiger partial charge on any atom is 0.296 e. The van der Waals surface area contributed by atoms with Crippen molar-refractivity contribution in [1.82, 2.24) is 9.55 Å². The van der Waals surface area contributed by atoms with Gasteiger partial charge in [-0.3, -0.25) is 9.78 Å². The summed E-state index contributed by atoms with van der Waals surface area (Å²) in [5, 5.41) is 19.4. The maximum absolute atomic E-state index is 12.3. The Kier molecular flexibility index (Phi) is 4.68.